The first-order valence-electron chi connectivity index (χ1n) is 6.82. The Morgan fingerprint density at radius 1 is 0.944 bits per heavy atom. The summed E-state index contributed by atoms with van der Waals surface area (Å²) in [6.07, 6.45) is 4.27. The number of fused-ring (bicyclic) bond motifs is 1. The summed E-state index contributed by atoms with van der Waals surface area (Å²) >= 11 is 0. The van der Waals surface area contributed by atoms with Crippen molar-refractivity contribution in [1.29, 1.82) is 0 Å². The molecule has 0 fully saturated rings. The number of carbonyl (C=O) groups excluding carboxylic acids is 1. The second-order valence-corrected chi connectivity index (χ2v) is 5.68. The first-order valence-corrected chi connectivity index (χ1v) is 6.82. The van der Waals surface area contributed by atoms with Crippen LogP contribution in [0.3, 0.4) is 0 Å². The number of carbonyl (C=O) groups is 1. The zero-order valence-corrected chi connectivity index (χ0v) is 11.7. The Kier molecular flexibility index (Phi) is 3.70. The van der Waals surface area contributed by atoms with E-state index in [1.807, 2.05) is 6.08 Å². The van der Waals surface area contributed by atoms with Crippen LogP contribution in [-0.4, -0.2) is 6.29 Å². The predicted octanol–water partition coefficient (Wildman–Crippen LogP) is 4.39. The van der Waals surface area contributed by atoms with E-state index < -0.39 is 0 Å². The third kappa shape index (κ3) is 2.14. The molecule has 96 valence electrons. The maximum Gasteiger partial charge on any atom is 0.142 e. The van der Waals surface area contributed by atoms with E-state index in [2.05, 4.69) is 45.9 Å². The normalized spacial score (nSPS) is 31.3. The molecule has 18 heavy (non-hydrogen) atoms. The number of benzene rings is 1. The highest BCUT2D eigenvalue weighted by molar-refractivity contribution is 5.74. The van der Waals surface area contributed by atoms with Crippen LogP contribution in [-0.2, 0) is 4.79 Å². The topological polar surface area (TPSA) is 17.1 Å². The summed E-state index contributed by atoms with van der Waals surface area (Å²) in [7, 11) is 0. The molecule has 0 saturated carbocycles. The van der Waals surface area contributed by atoms with Gasteiger partial charge in [-0.15, -0.1) is 0 Å². The first-order chi connectivity index (χ1) is 8.56. The van der Waals surface area contributed by atoms with Crippen molar-refractivity contribution in [3.8, 4) is 0 Å². The van der Waals surface area contributed by atoms with Crippen LogP contribution in [0.4, 0.5) is 0 Å². The number of hydrogen-bond acceptors (Lipinski definition) is 1. The molecule has 4 unspecified atom stereocenters. The van der Waals surface area contributed by atoms with Crippen LogP contribution in [0.25, 0.3) is 6.08 Å². The molecule has 0 aliphatic heterocycles. The van der Waals surface area contributed by atoms with Crippen LogP contribution in [0, 0.1) is 11.8 Å². The lowest BCUT2D eigenvalue weighted by atomic mass is 9.66. The summed E-state index contributed by atoms with van der Waals surface area (Å²) in [5.41, 5.74) is 4.07. The summed E-state index contributed by atoms with van der Waals surface area (Å²) in [6.45, 7) is 9.35. The quantitative estimate of drug-likeness (QED) is 0.555. The van der Waals surface area contributed by atoms with Crippen LogP contribution < -0.4 is 0 Å². The summed E-state index contributed by atoms with van der Waals surface area (Å²) in [5, 5.41) is 0. The average Bonchev–Trinajstić information content (AvgIpc) is 2.40. The van der Waals surface area contributed by atoms with Gasteiger partial charge in [-0.1, -0.05) is 52.0 Å². The minimum absolute atomic E-state index is 0.593. The van der Waals surface area contributed by atoms with Gasteiger partial charge in [0.2, 0.25) is 0 Å². The molecular weight excluding hydrogens is 220 g/mol. The van der Waals surface area contributed by atoms with Crippen molar-refractivity contribution in [2.45, 2.75) is 39.5 Å². The summed E-state index contributed by atoms with van der Waals surface area (Å²) in [6, 6.07) is 6.60. The van der Waals surface area contributed by atoms with Gasteiger partial charge in [-0.2, -0.15) is 0 Å². The van der Waals surface area contributed by atoms with Crippen molar-refractivity contribution in [2.24, 2.45) is 11.8 Å². The zero-order chi connectivity index (χ0) is 13.3. The molecule has 1 nitrogen and oxygen atoms in total. The van der Waals surface area contributed by atoms with Crippen LogP contribution in [0.15, 0.2) is 24.3 Å². The van der Waals surface area contributed by atoms with Gasteiger partial charge in [0.15, 0.2) is 0 Å². The zero-order valence-electron chi connectivity index (χ0n) is 11.7. The monoisotopic (exact) mass is 242 g/mol. The maximum atomic E-state index is 10.4. The van der Waals surface area contributed by atoms with E-state index in [0.717, 1.165) is 17.8 Å². The van der Waals surface area contributed by atoms with Gasteiger partial charge in [0.1, 0.15) is 6.29 Å². The number of hydrogen-bond donors (Lipinski definition) is 0. The van der Waals surface area contributed by atoms with E-state index in [1.54, 1.807) is 6.08 Å². The summed E-state index contributed by atoms with van der Waals surface area (Å²) < 4.78 is 0. The second-order valence-electron chi connectivity index (χ2n) is 5.68. The highest BCUT2D eigenvalue weighted by atomic mass is 16.1. The van der Waals surface area contributed by atoms with E-state index in [1.165, 1.54) is 11.1 Å². The first kappa shape index (κ1) is 13.1. The van der Waals surface area contributed by atoms with Gasteiger partial charge in [-0.05, 0) is 46.4 Å². The van der Waals surface area contributed by atoms with Gasteiger partial charge < -0.3 is 0 Å². The maximum absolute atomic E-state index is 10.4. The van der Waals surface area contributed by atoms with Crippen LogP contribution in [0.2, 0.25) is 0 Å². The predicted molar refractivity (Wildman–Crippen MR) is 76.7 cm³/mol. The third-order valence-electron chi connectivity index (χ3n) is 4.87. The van der Waals surface area contributed by atoms with Gasteiger partial charge in [-0.3, -0.25) is 4.79 Å². The SMILES string of the molecule is CC1c2ccc(/C=C/C=O)cc2C(C)C(C)C1C. The molecule has 1 aliphatic carbocycles. The molecule has 0 radical (unpaired) electrons. The number of aldehydes is 1. The molecule has 0 heterocycles. The Morgan fingerprint density at radius 2 is 1.56 bits per heavy atom. The van der Waals surface area contributed by atoms with Gasteiger partial charge in [-0.25, -0.2) is 0 Å². The van der Waals surface area contributed by atoms with E-state index in [-0.39, 0.29) is 0 Å². The summed E-state index contributed by atoms with van der Waals surface area (Å²) in [4.78, 5) is 10.4. The highest BCUT2D eigenvalue weighted by Gasteiger charge is 2.33. The standard InChI is InChI=1S/C17H22O/c1-11-12(2)14(4)17-10-15(6-5-9-18)7-8-16(17)13(11)3/h5-14H,1-4H3/b6-5+. The largest absolute Gasteiger partial charge is 0.299 e. The van der Waals surface area contributed by atoms with Crippen molar-refractivity contribution in [1.82, 2.24) is 0 Å². The van der Waals surface area contributed by atoms with E-state index in [9.17, 15) is 4.79 Å². The Morgan fingerprint density at radius 3 is 2.17 bits per heavy atom. The fourth-order valence-electron chi connectivity index (χ4n) is 3.13. The molecular formula is C17H22O. The van der Waals surface area contributed by atoms with Crippen molar-refractivity contribution >= 4 is 12.4 Å². The van der Waals surface area contributed by atoms with Crippen molar-refractivity contribution in [2.75, 3.05) is 0 Å². The lowest BCUT2D eigenvalue weighted by Crippen LogP contribution is -2.27. The molecule has 1 aromatic carbocycles. The molecule has 1 aliphatic rings. The molecule has 0 aromatic heterocycles. The lowest BCUT2D eigenvalue weighted by molar-refractivity contribution is -0.104. The highest BCUT2D eigenvalue weighted by Crippen LogP contribution is 2.45. The average molecular weight is 242 g/mol. The fourth-order valence-corrected chi connectivity index (χ4v) is 3.13. The third-order valence-corrected chi connectivity index (χ3v) is 4.87. The molecule has 0 bridgehead atoms. The van der Waals surface area contributed by atoms with E-state index in [4.69, 9.17) is 0 Å². The van der Waals surface area contributed by atoms with Crippen LogP contribution in [0.1, 0.15) is 56.2 Å². The minimum atomic E-state index is 0.593. The molecule has 4 atom stereocenters. The molecule has 0 saturated heterocycles. The molecule has 0 amide bonds. The second kappa shape index (κ2) is 5.09. The van der Waals surface area contributed by atoms with Crippen molar-refractivity contribution < 1.29 is 4.79 Å². The van der Waals surface area contributed by atoms with Gasteiger partial charge >= 0.3 is 0 Å². The molecule has 0 spiro atoms. The van der Waals surface area contributed by atoms with Crippen molar-refractivity contribution in [3.05, 3.63) is 41.0 Å². The fraction of sp³-hybridized carbons (Fsp3) is 0.471. The molecule has 1 aromatic rings. The molecule has 2 rings (SSSR count). The minimum Gasteiger partial charge on any atom is -0.299 e. The Balaban J connectivity index is 2.45. The molecule has 1 heteroatoms. The van der Waals surface area contributed by atoms with Crippen LogP contribution >= 0.6 is 0 Å². The Bertz CT molecular complexity index is 472. The van der Waals surface area contributed by atoms with Crippen LogP contribution in [0.5, 0.6) is 0 Å². The number of rotatable bonds is 2. The Hall–Kier alpha value is -1.37. The number of allylic oxidation sites excluding steroid dienone is 1. The van der Waals surface area contributed by atoms with Gasteiger partial charge in [0, 0.05) is 0 Å². The lowest BCUT2D eigenvalue weighted by Gasteiger charge is -2.39. The van der Waals surface area contributed by atoms with E-state index in [0.29, 0.717) is 17.8 Å². The van der Waals surface area contributed by atoms with E-state index >= 15 is 0 Å². The summed E-state index contributed by atoms with van der Waals surface area (Å²) in [5.74, 6) is 2.65. The van der Waals surface area contributed by atoms with Crippen molar-refractivity contribution in [3.63, 3.8) is 0 Å². The van der Waals surface area contributed by atoms with Gasteiger partial charge in [0.05, 0.1) is 0 Å². The molecule has 0 N–H and O–H groups in total. The smallest absolute Gasteiger partial charge is 0.142 e. The Labute approximate surface area is 110 Å². The van der Waals surface area contributed by atoms with Gasteiger partial charge in [0.25, 0.3) is 0 Å².